The van der Waals surface area contributed by atoms with Gasteiger partial charge in [-0.1, -0.05) is 52.7 Å². The number of hydrogen-bond acceptors (Lipinski definition) is 3. The number of hydrogen-bond donors (Lipinski definition) is 1. The summed E-state index contributed by atoms with van der Waals surface area (Å²) in [6.07, 6.45) is 0. The van der Waals surface area contributed by atoms with Gasteiger partial charge in [-0.25, -0.2) is 0 Å². The minimum absolute atomic E-state index is 0.216. The van der Waals surface area contributed by atoms with Crippen LogP contribution in [-0.4, -0.2) is 11.1 Å². The molecule has 0 spiro atoms. The van der Waals surface area contributed by atoms with Crippen LogP contribution in [0.5, 0.6) is 0 Å². The van der Waals surface area contributed by atoms with Gasteiger partial charge >= 0.3 is 0 Å². The lowest BCUT2D eigenvalue weighted by Crippen LogP contribution is -2.11. The lowest BCUT2D eigenvalue weighted by molar-refractivity contribution is 0.102. The van der Waals surface area contributed by atoms with Crippen molar-refractivity contribution in [3.05, 3.63) is 71.3 Å². The summed E-state index contributed by atoms with van der Waals surface area (Å²) >= 11 is 0. The van der Waals surface area contributed by atoms with Crippen LogP contribution in [0.15, 0.2) is 59.1 Å². The molecule has 0 aliphatic heterocycles. The van der Waals surface area contributed by atoms with Crippen molar-refractivity contribution >= 4 is 11.8 Å². The van der Waals surface area contributed by atoms with Crippen LogP contribution in [0.3, 0.4) is 0 Å². The Bertz CT molecular complexity index is 787. The molecule has 1 amide bonds. The maximum Gasteiger partial charge on any atom is 0.258 e. The van der Waals surface area contributed by atoms with Crippen LogP contribution >= 0.6 is 0 Å². The number of nitrogens with one attached hydrogen (secondary N) is 1. The number of carbonyl (C=O) groups excluding carboxylic acids is 1. The standard InChI is InChI=1S/C18H16N2O2/c1-12-3-7-14(8-4-12)16-11-17(22-20-16)19-18(21)15-9-5-13(2)6-10-15/h3-11H,1-2H3,(H,19,21). The van der Waals surface area contributed by atoms with Gasteiger partial charge in [-0.2, -0.15) is 0 Å². The molecular weight excluding hydrogens is 276 g/mol. The number of aryl methyl sites for hydroxylation is 2. The van der Waals surface area contributed by atoms with E-state index in [-0.39, 0.29) is 5.91 Å². The summed E-state index contributed by atoms with van der Waals surface area (Å²) in [7, 11) is 0. The third kappa shape index (κ3) is 3.06. The number of rotatable bonds is 3. The molecule has 0 aliphatic rings. The van der Waals surface area contributed by atoms with E-state index in [1.807, 2.05) is 50.2 Å². The maximum atomic E-state index is 12.1. The molecule has 22 heavy (non-hydrogen) atoms. The van der Waals surface area contributed by atoms with E-state index in [4.69, 9.17) is 4.52 Å². The first-order chi connectivity index (χ1) is 10.6. The summed E-state index contributed by atoms with van der Waals surface area (Å²) < 4.78 is 5.18. The van der Waals surface area contributed by atoms with E-state index in [1.54, 1.807) is 18.2 Å². The lowest BCUT2D eigenvalue weighted by atomic mass is 10.1. The zero-order valence-corrected chi connectivity index (χ0v) is 12.5. The first-order valence-electron chi connectivity index (χ1n) is 7.03. The van der Waals surface area contributed by atoms with Crippen molar-refractivity contribution in [2.24, 2.45) is 0 Å². The quantitative estimate of drug-likeness (QED) is 0.786. The number of carbonyl (C=O) groups is 1. The Balaban J connectivity index is 1.75. The van der Waals surface area contributed by atoms with E-state index >= 15 is 0 Å². The van der Waals surface area contributed by atoms with E-state index in [0.717, 1.165) is 11.1 Å². The molecule has 0 unspecified atom stereocenters. The zero-order chi connectivity index (χ0) is 15.5. The van der Waals surface area contributed by atoms with Gasteiger partial charge in [-0.3, -0.25) is 10.1 Å². The number of amides is 1. The number of anilines is 1. The SMILES string of the molecule is Cc1ccc(C(=O)Nc2cc(-c3ccc(C)cc3)no2)cc1. The molecule has 3 aromatic rings. The van der Waals surface area contributed by atoms with Crippen molar-refractivity contribution in [3.8, 4) is 11.3 Å². The van der Waals surface area contributed by atoms with Gasteiger partial charge in [-0.05, 0) is 26.0 Å². The first-order valence-corrected chi connectivity index (χ1v) is 7.03. The van der Waals surface area contributed by atoms with Gasteiger partial charge in [-0.15, -0.1) is 0 Å². The van der Waals surface area contributed by atoms with Gasteiger partial charge in [0.1, 0.15) is 5.69 Å². The van der Waals surface area contributed by atoms with E-state index in [9.17, 15) is 4.79 Å². The van der Waals surface area contributed by atoms with E-state index in [1.165, 1.54) is 5.56 Å². The highest BCUT2D eigenvalue weighted by molar-refractivity contribution is 6.03. The average Bonchev–Trinajstić information content (AvgIpc) is 2.97. The predicted octanol–water partition coefficient (Wildman–Crippen LogP) is 4.21. The van der Waals surface area contributed by atoms with Crippen LogP contribution in [0.4, 0.5) is 5.88 Å². The molecule has 0 radical (unpaired) electrons. The van der Waals surface area contributed by atoms with Gasteiger partial charge in [0.2, 0.25) is 5.88 Å². The molecule has 2 aromatic carbocycles. The fourth-order valence-electron chi connectivity index (χ4n) is 2.08. The Morgan fingerprint density at radius 3 is 2.18 bits per heavy atom. The van der Waals surface area contributed by atoms with Crippen molar-refractivity contribution < 1.29 is 9.32 Å². The molecular formula is C18H16N2O2. The van der Waals surface area contributed by atoms with Gasteiger partial charge in [0, 0.05) is 17.2 Å². The topological polar surface area (TPSA) is 55.1 Å². The second-order valence-electron chi connectivity index (χ2n) is 5.26. The molecule has 110 valence electrons. The normalized spacial score (nSPS) is 10.5. The van der Waals surface area contributed by atoms with Gasteiger partial charge in [0.05, 0.1) is 0 Å². The Morgan fingerprint density at radius 1 is 0.955 bits per heavy atom. The van der Waals surface area contributed by atoms with Crippen molar-refractivity contribution in [1.29, 1.82) is 0 Å². The van der Waals surface area contributed by atoms with Crippen LogP contribution in [-0.2, 0) is 0 Å². The Kier molecular flexibility index (Phi) is 3.74. The second kappa shape index (κ2) is 5.85. The molecule has 1 aromatic heterocycles. The number of benzene rings is 2. The van der Waals surface area contributed by atoms with Gasteiger partial charge < -0.3 is 4.52 Å². The molecule has 0 bridgehead atoms. The summed E-state index contributed by atoms with van der Waals surface area (Å²) in [4.78, 5) is 12.1. The monoisotopic (exact) mass is 292 g/mol. The largest absolute Gasteiger partial charge is 0.338 e. The Labute approximate surface area is 128 Å². The third-order valence-electron chi connectivity index (χ3n) is 3.41. The molecule has 3 rings (SSSR count). The third-order valence-corrected chi connectivity index (χ3v) is 3.41. The highest BCUT2D eigenvalue weighted by atomic mass is 16.5. The smallest absolute Gasteiger partial charge is 0.258 e. The number of aromatic nitrogens is 1. The van der Waals surface area contributed by atoms with Crippen LogP contribution in [0.2, 0.25) is 0 Å². The zero-order valence-electron chi connectivity index (χ0n) is 12.5. The molecule has 1 heterocycles. The average molecular weight is 292 g/mol. The van der Waals surface area contributed by atoms with Gasteiger partial charge in [0.15, 0.2) is 0 Å². The van der Waals surface area contributed by atoms with Gasteiger partial charge in [0.25, 0.3) is 5.91 Å². The minimum Gasteiger partial charge on any atom is -0.338 e. The van der Waals surface area contributed by atoms with Crippen molar-refractivity contribution in [3.63, 3.8) is 0 Å². The summed E-state index contributed by atoms with van der Waals surface area (Å²) in [5.74, 6) is 0.118. The second-order valence-corrected chi connectivity index (χ2v) is 5.26. The molecule has 0 aliphatic carbocycles. The summed E-state index contributed by atoms with van der Waals surface area (Å²) in [6, 6.07) is 17.0. The molecule has 4 nitrogen and oxygen atoms in total. The van der Waals surface area contributed by atoms with E-state index < -0.39 is 0 Å². The van der Waals surface area contributed by atoms with E-state index in [0.29, 0.717) is 17.1 Å². The van der Waals surface area contributed by atoms with E-state index in [2.05, 4.69) is 10.5 Å². The van der Waals surface area contributed by atoms with Crippen molar-refractivity contribution in [1.82, 2.24) is 5.16 Å². The molecule has 0 atom stereocenters. The van der Waals surface area contributed by atoms with Crippen LogP contribution < -0.4 is 5.32 Å². The molecule has 4 heteroatoms. The van der Waals surface area contributed by atoms with Crippen molar-refractivity contribution in [2.45, 2.75) is 13.8 Å². The summed E-state index contributed by atoms with van der Waals surface area (Å²) in [5.41, 5.74) is 4.52. The summed E-state index contributed by atoms with van der Waals surface area (Å²) in [6.45, 7) is 4.01. The van der Waals surface area contributed by atoms with Crippen molar-refractivity contribution in [2.75, 3.05) is 5.32 Å². The molecule has 0 saturated carbocycles. The fraction of sp³-hybridized carbons (Fsp3) is 0.111. The molecule has 0 fully saturated rings. The summed E-state index contributed by atoms with van der Waals surface area (Å²) in [5, 5.41) is 6.70. The Morgan fingerprint density at radius 2 is 1.55 bits per heavy atom. The van der Waals surface area contributed by atoms with Crippen LogP contribution in [0.25, 0.3) is 11.3 Å². The predicted molar refractivity (Wildman–Crippen MR) is 85.8 cm³/mol. The maximum absolute atomic E-state index is 12.1. The van der Waals surface area contributed by atoms with Crippen LogP contribution in [0.1, 0.15) is 21.5 Å². The molecule has 1 N–H and O–H groups in total. The fourth-order valence-corrected chi connectivity index (χ4v) is 2.08. The Hall–Kier alpha value is -2.88. The minimum atomic E-state index is -0.216. The lowest BCUT2D eigenvalue weighted by Gasteiger charge is -2.01. The number of nitrogens with zero attached hydrogens (tertiary/aromatic N) is 1. The van der Waals surface area contributed by atoms with Crippen LogP contribution in [0, 0.1) is 13.8 Å². The highest BCUT2D eigenvalue weighted by Crippen LogP contribution is 2.22. The molecule has 0 saturated heterocycles. The highest BCUT2D eigenvalue weighted by Gasteiger charge is 2.11. The first kappa shape index (κ1) is 14.1.